The quantitative estimate of drug-likeness (QED) is 0.744. The third-order valence-corrected chi connectivity index (χ3v) is 4.37. The Kier molecular flexibility index (Phi) is 7.47. The number of carbonyl (C=O) groups excluding carboxylic acids is 2. The fourth-order valence-corrected chi connectivity index (χ4v) is 2.81. The summed E-state index contributed by atoms with van der Waals surface area (Å²) in [6, 6.07) is 10.0. The van der Waals surface area contributed by atoms with Gasteiger partial charge in [-0.25, -0.2) is 4.98 Å². The zero-order valence-corrected chi connectivity index (χ0v) is 15.9. The smallest absolute Gasteiger partial charge is 0.251 e. The summed E-state index contributed by atoms with van der Waals surface area (Å²) in [5.74, 6) is 0.692. The van der Waals surface area contributed by atoms with Crippen LogP contribution in [0.5, 0.6) is 5.88 Å². The molecule has 1 heterocycles. The number of methoxy groups -OCH3 is 1. The molecule has 2 rings (SSSR count). The molecule has 0 saturated heterocycles. The van der Waals surface area contributed by atoms with Gasteiger partial charge in [0, 0.05) is 11.6 Å². The van der Waals surface area contributed by atoms with Gasteiger partial charge >= 0.3 is 0 Å². The van der Waals surface area contributed by atoms with E-state index in [1.807, 2.05) is 25.3 Å². The van der Waals surface area contributed by atoms with E-state index in [9.17, 15) is 9.59 Å². The van der Waals surface area contributed by atoms with E-state index in [0.29, 0.717) is 23.6 Å². The van der Waals surface area contributed by atoms with Crippen LogP contribution in [-0.4, -0.2) is 42.0 Å². The Morgan fingerprint density at radius 2 is 2.08 bits per heavy atom. The number of ether oxygens (including phenoxy) is 1. The van der Waals surface area contributed by atoms with Gasteiger partial charge in [-0.15, -0.1) is 0 Å². The summed E-state index contributed by atoms with van der Waals surface area (Å²) in [5, 5.41) is 5.62. The van der Waals surface area contributed by atoms with Crippen LogP contribution in [0.4, 0.5) is 5.69 Å². The first-order valence-corrected chi connectivity index (χ1v) is 9.60. The third kappa shape index (κ3) is 5.77. The van der Waals surface area contributed by atoms with Gasteiger partial charge in [0.1, 0.15) is 6.04 Å². The second-order valence-electron chi connectivity index (χ2n) is 5.76. The SMILES string of the molecule is COc1ccc(NC(=O)C(CCSC)NC(=O)c2cccc(C)c2)cn1. The van der Waals surface area contributed by atoms with E-state index < -0.39 is 6.04 Å². The summed E-state index contributed by atoms with van der Waals surface area (Å²) >= 11 is 1.62. The highest BCUT2D eigenvalue weighted by molar-refractivity contribution is 7.98. The van der Waals surface area contributed by atoms with Crippen LogP contribution in [-0.2, 0) is 4.79 Å². The Bertz CT molecular complexity index is 750. The molecule has 2 aromatic rings. The van der Waals surface area contributed by atoms with Crippen molar-refractivity contribution in [2.45, 2.75) is 19.4 Å². The molecular weight excluding hydrogens is 350 g/mol. The Morgan fingerprint density at radius 3 is 2.69 bits per heavy atom. The average molecular weight is 373 g/mol. The Labute approximate surface area is 157 Å². The van der Waals surface area contributed by atoms with Crippen molar-refractivity contribution in [1.82, 2.24) is 10.3 Å². The van der Waals surface area contributed by atoms with Gasteiger partial charge < -0.3 is 15.4 Å². The minimum Gasteiger partial charge on any atom is -0.481 e. The van der Waals surface area contributed by atoms with Crippen LogP contribution >= 0.6 is 11.8 Å². The monoisotopic (exact) mass is 373 g/mol. The number of thioether (sulfide) groups is 1. The summed E-state index contributed by atoms with van der Waals surface area (Å²) in [6.45, 7) is 1.92. The first-order chi connectivity index (χ1) is 12.5. The second kappa shape index (κ2) is 9.82. The summed E-state index contributed by atoms with van der Waals surface area (Å²) in [6.07, 6.45) is 4.02. The number of pyridine rings is 1. The van der Waals surface area contributed by atoms with E-state index >= 15 is 0 Å². The normalized spacial score (nSPS) is 11.5. The van der Waals surface area contributed by atoms with Crippen molar-refractivity contribution in [3.63, 3.8) is 0 Å². The molecule has 1 aromatic carbocycles. The molecule has 0 spiro atoms. The van der Waals surface area contributed by atoms with Crippen molar-refractivity contribution >= 4 is 29.3 Å². The molecule has 138 valence electrons. The molecule has 0 aliphatic heterocycles. The first kappa shape index (κ1) is 19.8. The summed E-state index contributed by atoms with van der Waals surface area (Å²) in [5.41, 5.74) is 2.08. The van der Waals surface area contributed by atoms with Crippen molar-refractivity contribution in [3.8, 4) is 5.88 Å². The van der Waals surface area contributed by atoms with Crippen molar-refractivity contribution < 1.29 is 14.3 Å². The lowest BCUT2D eigenvalue weighted by atomic mass is 10.1. The van der Waals surface area contributed by atoms with E-state index in [2.05, 4.69) is 15.6 Å². The summed E-state index contributed by atoms with van der Waals surface area (Å²) < 4.78 is 5.00. The summed E-state index contributed by atoms with van der Waals surface area (Å²) in [4.78, 5) is 29.2. The molecule has 1 unspecified atom stereocenters. The molecule has 6 nitrogen and oxygen atoms in total. The van der Waals surface area contributed by atoms with E-state index in [1.165, 1.54) is 13.3 Å². The van der Waals surface area contributed by atoms with E-state index in [0.717, 1.165) is 11.3 Å². The Balaban J connectivity index is 2.06. The van der Waals surface area contributed by atoms with Gasteiger partial charge in [-0.3, -0.25) is 9.59 Å². The fourth-order valence-electron chi connectivity index (χ4n) is 2.34. The average Bonchev–Trinajstić information content (AvgIpc) is 2.65. The fraction of sp³-hybridized carbons (Fsp3) is 0.316. The molecule has 0 saturated carbocycles. The van der Waals surface area contributed by atoms with Crippen molar-refractivity contribution in [2.75, 3.05) is 24.4 Å². The zero-order valence-electron chi connectivity index (χ0n) is 15.1. The lowest BCUT2D eigenvalue weighted by Gasteiger charge is -2.18. The standard InChI is InChI=1S/C19H23N3O3S/c1-13-5-4-6-14(11-13)18(23)22-16(9-10-26-3)19(24)21-15-7-8-17(25-2)20-12-15/h4-8,11-12,16H,9-10H2,1-3H3,(H,21,24)(H,22,23). The Hall–Kier alpha value is -2.54. The third-order valence-electron chi connectivity index (χ3n) is 3.73. The topological polar surface area (TPSA) is 80.3 Å². The van der Waals surface area contributed by atoms with Crippen LogP contribution in [0.15, 0.2) is 42.6 Å². The highest BCUT2D eigenvalue weighted by atomic mass is 32.2. The highest BCUT2D eigenvalue weighted by Crippen LogP contribution is 2.13. The second-order valence-corrected chi connectivity index (χ2v) is 6.74. The molecule has 0 aliphatic rings. The number of nitrogens with zero attached hydrogens (tertiary/aromatic N) is 1. The van der Waals surface area contributed by atoms with Gasteiger partial charge in [0.2, 0.25) is 11.8 Å². The number of nitrogens with one attached hydrogen (secondary N) is 2. The molecule has 2 N–H and O–H groups in total. The van der Waals surface area contributed by atoms with Gasteiger partial charge in [-0.05, 0) is 43.6 Å². The molecule has 0 bridgehead atoms. The van der Waals surface area contributed by atoms with Gasteiger partial charge in [0.05, 0.1) is 19.0 Å². The number of carbonyl (C=O) groups is 2. The van der Waals surface area contributed by atoms with Gasteiger partial charge in [-0.2, -0.15) is 11.8 Å². The number of rotatable bonds is 8. The maximum Gasteiger partial charge on any atom is 0.251 e. The molecule has 1 atom stereocenters. The largest absolute Gasteiger partial charge is 0.481 e. The number of benzene rings is 1. The number of aromatic nitrogens is 1. The van der Waals surface area contributed by atoms with Crippen molar-refractivity contribution in [1.29, 1.82) is 0 Å². The molecule has 0 radical (unpaired) electrons. The first-order valence-electron chi connectivity index (χ1n) is 8.21. The maximum absolute atomic E-state index is 12.6. The number of aryl methyl sites for hydroxylation is 1. The molecule has 1 aromatic heterocycles. The van der Waals surface area contributed by atoms with Crippen LogP contribution in [0.1, 0.15) is 22.3 Å². The molecular formula is C19H23N3O3S. The van der Waals surface area contributed by atoms with Crippen LogP contribution < -0.4 is 15.4 Å². The molecule has 7 heteroatoms. The number of amides is 2. The Morgan fingerprint density at radius 1 is 1.27 bits per heavy atom. The van der Waals surface area contributed by atoms with Crippen LogP contribution in [0.2, 0.25) is 0 Å². The molecule has 26 heavy (non-hydrogen) atoms. The van der Waals surface area contributed by atoms with Crippen molar-refractivity contribution in [3.05, 3.63) is 53.7 Å². The number of anilines is 1. The summed E-state index contributed by atoms with van der Waals surface area (Å²) in [7, 11) is 1.53. The van der Waals surface area contributed by atoms with E-state index in [4.69, 9.17) is 4.74 Å². The minimum absolute atomic E-state index is 0.261. The van der Waals surface area contributed by atoms with Crippen molar-refractivity contribution in [2.24, 2.45) is 0 Å². The predicted molar refractivity (Wildman–Crippen MR) is 105 cm³/mol. The number of hydrogen-bond donors (Lipinski definition) is 2. The highest BCUT2D eigenvalue weighted by Gasteiger charge is 2.21. The van der Waals surface area contributed by atoms with Crippen LogP contribution in [0.3, 0.4) is 0 Å². The lowest BCUT2D eigenvalue weighted by molar-refractivity contribution is -0.118. The van der Waals surface area contributed by atoms with Gasteiger partial charge in [0.25, 0.3) is 5.91 Å². The maximum atomic E-state index is 12.6. The predicted octanol–water partition coefficient (Wildman–Crippen LogP) is 2.89. The van der Waals surface area contributed by atoms with E-state index in [1.54, 1.807) is 36.0 Å². The van der Waals surface area contributed by atoms with Gasteiger partial charge in [0.15, 0.2) is 0 Å². The van der Waals surface area contributed by atoms with E-state index in [-0.39, 0.29) is 11.8 Å². The number of hydrogen-bond acceptors (Lipinski definition) is 5. The van der Waals surface area contributed by atoms with Crippen LogP contribution in [0, 0.1) is 6.92 Å². The van der Waals surface area contributed by atoms with Gasteiger partial charge in [-0.1, -0.05) is 17.7 Å². The molecule has 2 amide bonds. The minimum atomic E-state index is -0.627. The van der Waals surface area contributed by atoms with Crippen LogP contribution in [0.25, 0.3) is 0 Å². The lowest BCUT2D eigenvalue weighted by Crippen LogP contribution is -2.44. The molecule has 0 aliphatic carbocycles. The molecule has 0 fully saturated rings. The zero-order chi connectivity index (χ0) is 18.9.